The van der Waals surface area contributed by atoms with Crippen molar-refractivity contribution in [2.24, 2.45) is 7.05 Å². The Hall–Kier alpha value is -4.00. The smallest absolute Gasteiger partial charge is 0.227 e. The molecule has 0 amide bonds. The number of nitrogens with zero attached hydrogens (tertiary/aromatic N) is 5. The lowest BCUT2D eigenvalue weighted by Crippen LogP contribution is -2.17. The SMILES string of the molecule is Cn1cc(Nc2nccc(-c3cccc4cc(C#CC(C)(O)c5nccs5)oc34)n2)cn1. The summed E-state index contributed by atoms with van der Waals surface area (Å²) in [7, 11) is 1.84. The summed E-state index contributed by atoms with van der Waals surface area (Å²) in [5.74, 6) is 6.69. The summed E-state index contributed by atoms with van der Waals surface area (Å²) in [5, 5.41) is 21.1. The highest BCUT2D eigenvalue weighted by Crippen LogP contribution is 2.30. The fraction of sp³-hybridized carbons (Fsp3) is 0.130. The number of anilines is 2. The summed E-state index contributed by atoms with van der Waals surface area (Å²) in [5.41, 5.74) is 1.64. The van der Waals surface area contributed by atoms with E-state index < -0.39 is 5.60 Å². The Labute approximate surface area is 187 Å². The molecule has 9 heteroatoms. The van der Waals surface area contributed by atoms with Crippen molar-refractivity contribution in [1.82, 2.24) is 24.7 Å². The molecule has 32 heavy (non-hydrogen) atoms. The zero-order chi connectivity index (χ0) is 22.1. The molecule has 0 bridgehead atoms. The van der Waals surface area contributed by atoms with Gasteiger partial charge in [-0.2, -0.15) is 5.10 Å². The summed E-state index contributed by atoms with van der Waals surface area (Å²) >= 11 is 1.35. The lowest BCUT2D eigenvalue weighted by atomic mass is 10.1. The third kappa shape index (κ3) is 3.97. The zero-order valence-electron chi connectivity index (χ0n) is 17.3. The van der Waals surface area contributed by atoms with Crippen molar-refractivity contribution in [2.75, 3.05) is 5.32 Å². The van der Waals surface area contributed by atoms with Gasteiger partial charge in [0, 0.05) is 48.0 Å². The normalized spacial score (nSPS) is 12.8. The molecule has 8 nitrogen and oxygen atoms in total. The van der Waals surface area contributed by atoms with Crippen molar-refractivity contribution in [2.45, 2.75) is 12.5 Å². The molecule has 2 N–H and O–H groups in total. The maximum absolute atomic E-state index is 10.6. The quantitative estimate of drug-likeness (QED) is 0.404. The van der Waals surface area contributed by atoms with Gasteiger partial charge in [-0.3, -0.25) is 4.68 Å². The first-order chi connectivity index (χ1) is 15.5. The monoisotopic (exact) mass is 442 g/mol. The van der Waals surface area contributed by atoms with Crippen LogP contribution in [0.5, 0.6) is 0 Å². The zero-order valence-corrected chi connectivity index (χ0v) is 18.1. The van der Waals surface area contributed by atoms with Gasteiger partial charge in [-0.05, 0) is 25.0 Å². The lowest BCUT2D eigenvalue weighted by Gasteiger charge is -2.11. The molecule has 5 aromatic rings. The van der Waals surface area contributed by atoms with E-state index in [0.29, 0.717) is 28.0 Å². The van der Waals surface area contributed by atoms with Gasteiger partial charge in [-0.1, -0.05) is 18.1 Å². The first kappa shape index (κ1) is 19.9. The number of aryl methyl sites for hydroxylation is 1. The molecule has 158 valence electrons. The predicted octanol–water partition coefficient (Wildman–Crippen LogP) is 4.08. The minimum Gasteiger partial charge on any atom is -0.447 e. The van der Waals surface area contributed by atoms with E-state index in [1.54, 1.807) is 35.6 Å². The van der Waals surface area contributed by atoms with E-state index >= 15 is 0 Å². The Kier molecular flexibility index (Phi) is 4.93. The van der Waals surface area contributed by atoms with E-state index in [4.69, 9.17) is 4.42 Å². The molecule has 1 aromatic carbocycles. The molecule has 5 rings (SSSR count). The summed E-state index contributed by atoms with van der Waals surface area (Å²) in [4.78, 5) is 13.1. The number of aromatic nitrogens is 5. The molecule has 0 aliphatic rings. The van der Waals surface area contributed by atoms with Gasteiger partial charge >= 0.3 is 0 Å². The number of benzene rings is 1. The second kappa shape index (κ2) is 7.92. The summed E-state index contributed by atoms with van der Waals surface area (Å²) in [6.07, 6.45) is 6.88. The van der Waals surface area contributed by atoms with Crippen molar-refractivity contribution in [3.05, 3.63) is 71.3 Å². The van der Waals surface area contributed by atoms with Crippen LogP contribution in [0.25, 0.3) is 22.2 Å². The first-order valence-electron chi connectivity index (χ1n) is 9.75. The molecule has 0 fully saturated rings. The van der Waals surface area contributed by atoms with Crippen LogP contribution in [0, 0.1) is 11.8 Å². The van der Waals surface area contributed by atoms with Crippen LogP contribution >= 0.6 is 11.3 Å². The first-order valence-corrected chi connectivity index (χ1v) is 10.6. The highest BCUT2D eigenvalue weighted by molar-refractivity contribution is 7.09. The van der Waals surface area contributed by atoms with Crippen LogP contribution in [0.2, 0.25) is 0 Å². The maximum Gasteiger partial charge on any atom is 0.227 e. The minimum absolute atomic E-state index is 0.451. The van der Waals surface area contributed by atoms with Crippen LogP contribution in [0.3, 0.4) is 0 Å². The topological polar surface area (TPSA) is 102 Å². The number of aliphatic hydroxyl groups is 1. The van der Waals surface area contributed by atoms with Crippen LogP contribution in [0.15, 0.2) is 64.9 Å². The molecule has 4 aromatic heterocycles. The summed E-state index contributed by atoms with van der Waals surface area (Å²) in [6.45, 7) is 1.62. The van der Waals surface area contributed by atoms with Gasteiger partial charge in [0.25, 0.3) is 0 Å². The highest BCUT2D eigenvalue weighted by Gasteiger charge is 2.23. The van der Waals surface area contributed by atoms with Gasteiger partial charge in [-0.25, -0.2) is 15.0 Å². The second-order valence-corrected chi connectivity index (χ2v) is 8.18. The molecule has 0 spiro atoms. The molecular weight excluding hydrogens is 424 g/mol. The standard InChI is InChI=1S/C23H18N6O2S/c1-23(30,21-24-10-11-32-21)8-6-17-12-15-4-3-5-18(20(15)31-17)19-7-9-25-22(28-19)27-16-13-26-29(2)14-16/h3-5,7,9-14,30H,1-2H3,(H,25,27,28). The molecule has 0 saturated heterocycles. The second-order valence-electron chi connectivity index (χ2n) is 7.29. The summed E-state index contributed by atoms with van der Waals surface area (Å²) in [6, 6.07) is 9.49. The van der Waals surface area contributed by atoms with Crippen LogP contribution in [-0.4, -0.2) is 29.8 Å². The van der Waals surface area contributed by atoms with E-state index in [-0.39, 0.29) is 0 Å². The number of hydrogen-bond donors (Lipinski definition) is 2. The number of hydrogen-bond acceptors (Lipinski definition) is 8. The fourth-order valence-electron chi connectivity index (χ4n) is 3.21. The third-order valence-corrected chi connectivity index (χ3v) is 5.70. The van der Waals surface area contributed by atoms with Gasteiger partial charge in [0.15, 0.2) is 11.4 Å². The van der Waals surface area contributed by atoms with Crippen LogP contribution in [-0.2, 0) is 12.6 Å². The van der Waals surface area contributed by atoms with Crippen molar-refractivity contribution >= 4 is 33.9 Å². The Morgan fingerprint density at radius 1 is 1.22 bits per heavy atom. The van der Waals surface area contributed by atoms with Crippen molar-refractivity contribution in [3.63, 3.8) is 0 Å². The molecule has 0 aliphatic carbocycles. The summed E-state index contributed by atoms with van der Waals surface area (Å²) < 4.78 is 7.73. The van der Waals surface area contributed by atoms with Gasteiger partial charge < -0.3 is 14.8 Å². The Bertz CT molecular complexity index is 1460. The van der Waals surface area contributed by atoms with Gasteiger partial charge in [-0.15, -0.1) is 11.3 Å². The van der Waals surface area contributed by atoms with Crippen molar-refractivity contribution in [1.29, 1.82) is 0 Å². The van der Waals surface area contributed by atoms with E-state index in [1.165, 1.54) is 11.3 Å². The van der Waals surface area contributed by atoms with Gasteiger partial charge in [0.05, 0.1) is 17.6 Å². The largest absolute Gasteiger partial charge is 0.447 e. The predicted molar refractivity (Wildman–Crippen MR) is 122 cm³/mol. The molecule has 0 radical (unpaired) electrons. The number of fused-ring (bicyclic) bond motifs is 1. The van der Waals surface area contributed by atoms with Crippen LogP contribution < -0.4 is 5.32 Å². The maximum atomic E-state index is 10.6. The average molecular weight is 443 g/mol. The number of thiazole rings is 1. The lowest BCUT2D eigenvalue weighted by molar-refractivity contribution is 0.121. The number of para-hydroxylation sites is 1. The Balaban J connectivity index is 1.48. The van der Waals surface area contributed by atoms with Crippen molar-refractivity contribution < 1.29 is 9.52 Å². The molecule has 1 atom stereocenters. The molecular formula is C23H18N6O2S. The van der Waals surface area contributed by atoms with Crippen LogP contribution in [0.4, 0.5) is 11.6 Å². The molecule has 0 aliphatic heterocycles. The number of nitrogens with one attached hydrogen (secondary N) is 1. The Morgan fingerprint density at radius 2 is 2.12 bits per heavy atom. The average Bonchev–Trinajstić information content (AvgIpc) is 3.53. The minimum atomic E-state index is -1.35. The van der Waals surface area contributed by atoms with E-state index in [9.17, 15) is 5.11 Å². The van der Waals surface area contributed by atoms with E-state index in [1.807, 2.05) is 43.6 Å². The Morgan fingerprint density at radius 3 is 2.91 bits per heavy atom. The van der Waals surface area contributed by atoms with E-state index in [0.717, 1.165) is 16.6 Å². The highest BCUT2D eigenvalue weighted by atomic mass is 32.1. The number of furan rings is 1. The van der Waals surface area contributed by atoms with Gasteiger partial charge in [0.2, 0.25) is 5.95 Å². The molecule has 0 saturated carbocycles. The fourth-order valence-corrected chi connectivity index (χ4v) is 3.86. The third-order valence-electron chi connectivity index (χ3n) is 4.71. The van der Waals surface area contributed by atoms with Crippen LogP contribution in [0.1, 0.15) is 17.7 Å². The van der Waals surface area contributed by atoms with E-state index in [2.05, 4.69) is 37.2 Å². The molecule has 1 unspecified atom stereocenters. The van der Waals surface area contributed by atoms with Crippen molar-refractivity contribution in [3.8, 4) is 23.1 Å². The number of rotatable bonds is 4. The molecule has 4 heterocycles. The van der Waals surface area contributed by atoms with Gasteiger partial charge in [0.1, 0.15) is 10.6 Å².